The van der Waals surface area contributed by atoms with Crippen LogP contribution in [0.4, 0.5) is 13.2 Å². The lowest BCUT2D eigenvalue weighted by atomic mass is 10.1. The number of guanidine groups is 1. The van der Waals surface area contributed by atoms with E-state index < -0.39 is 6.36 Å². The van der Waals surface area contributed by atoms with Crippen molar-refractivity contribution in [2.75, 3.05) is 6.54 Å². The molecule has 1 aliphatic carbocycles. The molecule has 27 heavy (non-hydrogen) atoms. The summed E-state index contributed by atoms with van der Waals surface area (Å²) >= 11 is 1.59. The molecule has 0 amide bonds. The zero-order chi connectivity index (χ0) is 19.4. The molecule has 2 atom stereocenters. The third kappa shape index (κ3) is 5.59. The summed E-state index contributed by atoms with van der Waals surface area (Å²) in [5.41, 5.74) is 0.554. The third-order valence-corrected chi connectivity index (χ3v) is 4.94. The first-order valence-corrected chi connectivity index (χ1v) is 9.48. The summed E-state index contributed by atoms with van der Waals surface area (Å²) in [7, 11) is 0. The van der Waals surface area contributed by atoms with Gasteiger partial charge in [0.1, 0.15) is 10.8 Å². The zero-order valence-corrected chi connectivity index (χ0v) is 15.8. The average molecular weight is 398 g/mol. The van der Waals surface area contributed by atoms with E-state index in [1.165, 1.54) is 12.1 Å². The maximum absolute atomic E-state index is 12.6. The van der Waals surface area contributed by atoms with E-state index in [-0.39, 0.29) is 17.7 Å². The molecule has 5 nitrogen and oxygen atoms in total. The van der Waals surface area contributed by atoms with Crippen LogP contribution >= 0.6 is 11.3 Å². The van der Waals surface area contributed by atoms with Crippen molar-refractivity contribution in [2.45, 2.75) is 45.1 Å². The van der Waals surface area contributed by atoms with Crippen LogP contribution in [0.15, 0.2) is 35.5 Å². The van der Waals surface area contributed by atoms with E-state index in [1.807, 2.05) is 20.0 Å². The minimum atomic E-state index is -4.70. The van der Waals surface area contributed by atoms with Crippen LogP contribution < -0.4 is 15.4 Å². The number of aryl methyl sites for hydroxylation is 1. The Bertz CT molecular complexity index is 806. The molecule has 1 aromatic heterocycles. The second-order valence-corrected chi connectivity index (χ2v) is 7.56. The molecule has 9 heteroatoms. The summed E-state index contributed by atoms with van der Waals surface area (Å²) in [4.78, 5) is 9.93. The van der Waals surface area contributed by atoms with Gasteiger partial charge in [-0.3, -0.25) is 0 Å². The Labute approximate surface area is 159 Å². The van der Waals surface area contributed by atoms with Gasteiger partial charge in [0.05, 0.1) is 6.54 Å². The average Bonchev–Trinajstić information content (AvgIpc) is 3.22. The highest BCUT2D eigenvalue weighted by Gasteiger charge is 2.42. The molecule has 2 N–H and O–H groups in total. The second kappa shape index (κ2) is 8.16. The van der Waals surface area contributed by atoms with E-state index in [2.05, 4.69) is 25.3 Å². The number of hydrogen-bond donors (Lipinski definition) is 2. The van der Waals surface area contributed by atoms with Gasteiger partial charge in [-0.15, -0.1) is 24.5 Å². The summed E-state index contributed by atoms with van der Waals surface area (Å²) in [5, 5.41) is 7.36. The van der Waals surface area contributed by atoms with Crippen molar-refractivity contribution in [3.05, 3.63) is 45.9 Å². The Morgan fingerprint density at radius 3 is 2.81 bits per heavy atom. The third-order valence-electron chi connectivity index (χ3n) is 4.04. The Hall–Kier alpha value is -2.29. The highest BCUT2D eigenvalue weighted by atomic mass is 32.1. The van der Waals surface area contributed by atoms with Crippen LogP contribution in [0.1, 0.15) is 34.7 Å². The minimum Gasteiger partial charge on any atom is -0.405 e. The van der Waals surface area contributed by atoms with E-state index in [9.17, 15) is 13.2 Å². The van der Waals surface area contributed by atoms with E-state index in [0.717, 1.165) is 16.3 Å². The maximum Gasteiger partial charge on any atom is 0.573 e. The van der Waals surface area contributed by atoms with Crippen molar-refractivity contribution in [3.8, 4) is 5.75 Å². The van der Waals surface area contributed by atoms with Crippen LogP contribution in [0, 0.1) is 6.92 Å². The monoisotopic (exact) mass is 398 g/mol. The number of aromatic nitrogens is 1. The minimum absolute atomic E-state index is 0.0128. The number of benzene rings is 1. The van der Waals surface area contributed by atoms with Gasteiger partial charge in [0.2, 0.25) is 0 Å². The molecule has 1 aliphatic rings. The summed E-state index contributed by atoms with van der Waals surface area (Å²) in [5.74, 6) is 0.445. The number of halogens is 3. The molecule has 0 bridgehead atoms. The van der Waals surface area contributed by atoms with E-state index in [1.54, 1.807) is 23.5 Å². The molecular formula is C18H21F3N4OS. The lowest BCUT2D eigenvalue weighted by Crippen LogP contribution is -2.39. The predicted octanol–water partition coefficient (Wildman–Crippen LogP) is 3.96. The number of hydrogen-bond acceptors (Lipinski definition) is 4. The highest BCUT2D eigenvalue weighted by Crippen LogP contribution is 2.45. The number of thiazole rings is 1. The lowest BCUT2D eigenvalue weighted by Gasteiger charge is -2.14. The number of aliphatic imine (C=N–C) groups is 1. The van der Waals surface area contributed by atoms with Gasteiger partial charge in [0, 0.05) is 29.6 Å². The van der Waals surface area contributed by atoms with Crippen LogP contribution in [-0.2, 0) is 6.54 Å². The van der Waals surface area contributed by atoms with Crippen LogP contribution in [0.3, 0.4) is 0 Å². The fourth-order valence-electron chi connectivity index (χ4n) is 2.82. The number of alkyl halides is 3. The summed E-state index contributed by atoms with van der Waals surface area (Å²) in [6.45, 7) is 5.10. The van der Waals surface area contributed by atoms with Gasteiger partial charge in [-0.25, -0.2) is 9.98 Å². The second-order valence-electron chi connectivity index (χ2n) is 6.24. The fourth-order valence-corrected chi connectivity index (χ4v) is 3.53. The van der Waals surface area contributed by atoms with Crippen molar-refractivity contribution in [1.82, 2.24) is 15.6 Å². The largest absolute Gasteiger partial charge is 0.573 e. The molecule has 1 heterocycles. The van der Waals surface area contributed by atoms with Gasteiger partial charge in [-0.1, -0.05) is 18.2 Å². The Morgan fingerprint density at radius 1 is 1.37 bits per heavy atom. The summed E-state index contributed by atoms with van der Waals surface area (Å²) in [6.07, 6.45) is -2.17. The van der Waals surface area contributed by atoms with E-state index in [0.29, 0.717) is 24.6 Å². The van der Waals surface area contributed by atoms with Crippen LogP contribution in [0.25, 0.3) is 0 Å². The number of rotatable bonds is 6. The van der Waals surface area contributed by atoms with Gasteiger partial charge in [0.25, 0.3) is 0 Å². The molecule has 146 valence electrons. The van der Waals surface area contributed by atoms with Gasteiger partial charge in [-0.2, -0.15) is 0 Å². The van der Waals surface area contributed by atoms with E-state index >= 15 is 0 Å². The summed E-state index contributed by atoms with van der Waals surface area (Å²) < 4.78 is 42.0. The molecule has 3 rings (SSSR count). The number of ether oxygens (including phenoxy) is 1. The highest BCUT2D eigenvalue weighted by molar-refractivity contribution is 7.11. The van der Waals surface area contributed by atoms with Crippen LogP contribution in [0.2, 0.25) is 0 Å². The molecule has 2 aromatic rings. The molecule has 0 spiro atoms. The first-order valence-electron chi connectivity index (χ1n) is 8.66. The molecule has 1 saturated carbocycles. The Morgan fingerprint density at radius 2 is 2.15 bits per heavy atom. The Kier molecular flexibility index (Phi) is 5.88. The number of nitrogens with zero attached hydrogens (tertiary/aromatic N) is 2. The normalized spacial score (nSPS) is 19.7. The molecular weight excluding hydrogens is 377 g/mol. The van der Waals surface area contributed by atoms with Crippen molar-refractivity contribution in [3.63, 3.8) is 0 Å². The quantitative estimate of drug-likeness (QED) is 0.571. The van der Waals surface area contributed by atoms with Gasteiger partial charge < -0.3 is 15.4 Å². The van der Waals surface area contributed by atoms with Crippen molar-refractivity contribution in [1.29, 1.82) is 0 Å². The maximum atomic E-state index is 12.6. The standard InChI is InChI=1S/C18H21F3N4OS/c1-3-22-17(24-10-16-23-9-11(2)27-16)25-14-8-13(14)12-6-4-5-7-15(12)26-18(19,20)21/h4-7,9,13-14H,3,8,10H2,1-2H3,(H2,22,24,25). The molecule has 0 radical (unpaired) electrons. The molecule has 0 aliphatic heterocycles. The van der Waals surface area contributed by atoms with Gasteiger partial charge in [0.15, 0.2) is 5.96 Å². The predicted molar refractivity (Wildman–Crippen MR) is 99.1 cm³/mol. The SMILES string of the molecule is CCNC(=NCc1ncc(C)s1)NC1CC1c1ccccc1OC(F)(F)F. The first-order chi connectivity index (χ1) is 12.9. The number of nitrogens with one attached hydrogen (secondary N) is 2. The zero-order valence-electron chi connectivity index (χ0n) is 15.0. The van der Waals surface area contributed by atoms with Crippen molar-refractivity contribution >= 4 is 17.3 Å². The van der Waals surface area contributed by atoms with E-state index in [4.69, 9.17) is 0 Å². The van der Waals surface area contributed by atoms with Crippen molar-refractivity contribution in [2.24, 2.45) is 4.99 Å². The molecule has 2 unspecified atom stereocenters. The molecule has 1 fully saturated rings. The lowest BCUT2D eigenvalue weighted by molar-refractivity contribution is -0.274. The first kappa shape index (κ1) is 19.5. The van der Waals surface area contributed by atoms with Crippen LogP contribution in [0.5, 0.6) is 5.75 Å². The van der Waals surface area contributed by atoms with Gasteiger partial charge in [-0.05, 0) is 31.9 Å². The smallest absolute Gasteiger partial charge is 0.405 e. The fraction of sp³-hybridized carbons (Fsp3) is 0.444. The van der Waals surface area contributed by atoms with Gasteiger partial charge >= 0.3 is 6.36 Å². The Balaban J connectivity index is 1.65. The number of para-hydroxylation sites is 1. The molecule has 0 saturated heterocycles. The topological polar surface area (TPSA) is 58.5 Å². The summed E-state index contributed by atoms with van der Waals surface area (Å²) in [6, 6.07) is 6.30. The molecule has 1 aromatic carbocycles. The van der Waals surface area contributed by atoms with Crippen molar-refractivity contribution < 1.29 is 17.9 Å². The van der Waals surface area contributed by atoms with Crippen LogP contribution in [-0.4, -0.2) is 29.9 Å².